The molecule has 5 heteroatoms. The van der Waals surface area contributed by atoms with Crippen molar-refractivity contribution in [2.24, 2.45) is 16.6 Å². The zero-order chi connectivity index (χ0) is 12.1. The SMILES string of the molecule is Cc1cc(CCNC(N)=NCC2CCC2)on1. The summed E-state index contributed by atoms with van der Waals surface area (Å²) in [6.45, 7) is 3.50. The minimum absolute atomic E-state index is 0.535. The van der Waals surface area contributed by atoms with Gasteiger partial charge in [0.05, 0.1) is 5.69 Å². The Bertz CT molecular complexity index is 382. The quantitative estimate of drug-likeness (QED) is 0.595. The lowest BCUT2D eigenvalue weighted by Crippen LogP contribution is -2.34. The minimum Gasteiger partial charge on any atom is -0.370 e. The molecule has 0 amide bonds. The fraction of sp³-hybridized carbons (Fsp3) is 0.667. The van der Waals surface area contributed by atoms with Gasteiger partial charge in [-0.3, -0.25) is 4.99 Å². The summed E-state index contributed by atoms with van der Waals surface area (Å²) in [5.41, 5.74) is 6.67. The summed E-state index contributed by atoms with van der Waals surface area (Å²) >= 11 is 0. The summed E-state index contributed by atoms with van der Waals surface area (Å²) in [6, 6.07) is 1.93. The molecule has 1 aliphatic carbocycles. The van der Waals surface area contributed by atoms with E-state index < -0.39 is 0 Å². The van der Waals surface area contributed by atoms with Crippen LogP contribution in [-0.2, 0) is 6.42 Å². The van der Waals surface area contributed by atoms with Gasteiger partial charge in [-0.1, -0.05) is 11.6 Å². The highest BCUT2D eigenvalue weighted by atomic mass is 16.5. The third-order valence-electron chi connectivity index (χ3n) is 3.10. The van der Waals surface area contributed by atoms with E-state index in [1.54, 1.807) is 0 Å². The topological polar surface area (TPSA) is 76.4 Å². The van der Waals surface area contributed by atoms with Crippen molar-refractivity contribution < 1.29 is 4.52 Å². The highest BCUT2D eigenvalue weighted by Crippen LogP contribution is 2.26. The number of nitrogens with one attached hydrogen (secondary N) is 1. The maximum Gasteiger partial charge on any atom is 0.188 e. The van der Waals surface area contributed by atoms with Gasteiger partial charge in [0, 0.05) is 25.6 Å². The largest absolute Gasteiger partial charge is 0.370 e. The molecule has 0 bridgehead atoms. The Labute approximate surface area is 101 Å². The van der Waals surface area contributed by atoms with Gasteiger partial charge in [0.15, 0.2) is 5.96 Å². The lowest BCUT2D eigenvalue weighted by Gasteiger charge is -2.23. The maximum atomic E-state index is 5.76. The van der Waals surface area contributed by atoms with Crippen LogP contribution in [0.15, 0.2) is 15.6 Å². The zero-order valence-corrected chi connectivity index (χ0v) is 10.3. The highest BCUT2D eigenvalue weighted by molar-refractivity contribution is 5.77. The van der Waals surface area contributed by atoms with Gasteiger partial charge >= 0.3 is 0 Å². The Morgan fingerprint density at radius 1 is 1.65 bits per heavy atom. The monoisotopic (exact) mass is 236 g/mol. The van der Waals surface area contributed by atoms with Crippen LogP contribution in [0.1, 0.15) is 30.7 Å². The summed E-state index contributed by atoms with van der Waals surface area (Å²) in [6.07, 6.45) is 4.72. The Morgan fingerprint density at radius 2 is 2.47 bits per heavy atom. The van der Waals surface area contributed by atoms with Gasteiger partial charge in [0.1, 0.15) is 5.76 Å². The van der Waals surface area contributed by atoms with Gasteiger partial charge in [0.2, 0.25) is 0 Å². The summed E-state index contributed by atoms with van der Waals surface area (Å²) in [5.74, 6) is 2.17. The molecule has 94 valence electrons. The lowest BCUT2D eigenvalue weighted by molar-refractivity contribution is 0.326. The molecule has 0 saturated heterocycles. The number of guanidine groups is 1. The van der Waals surface area contributed by atoms with Gasteiger partial charge < -0.3 is 15.6 Å². The van der Waals surface area contributed by atoms with Crippen LogP contribution in [-0.4, -0.2) is 24.2 Å². The van der Waals surface area contributed by atoms with E-state index in [1.807, 2.05) is 13.0 Å². The zero-order valence-electron chi connectivity index (χ0n) is 10.3. The molecule has 1 aromatic rings. The van der Waals surface area contributed by atoms with Crippen molar-refractivity contribution in [1.82, 2.24) is 10.5 Å². The first-order valence-corrected chi connectivity index (χ1v) is 6.20. The van der Waals surface area contributed by atoms with Crippen molar-refractivity contribution in [1.29, 1.82) is 0 Å². The standard InChI is InChI=1S/C12H20N4O/c1-9-7-11(17-16-9)5-6-14-12(13)15-8-10-3-2-4-10/h7,10H,2-6,8H2,1H3,(H3,13,14,15). The van der Waals surface area contributed by atoms with Gasteiger partial charge in [-0.15, -0.1) is 0 Å². The molecule has 5 nitrogen and oxygen atoms in total. The number of nitrogens with two attached hydrogens (primary N) is 1. The predicted octanol–water partition coefficient (Wildman–Crippen LogP) is 1.23. The van der Waals surface area contributed by atoms with Crippen molar-refractivity contribution in [2.75, 3.05) is 13.1 Å². The number of aromatic nitrogens is 1. The van der Waals surface area contributed by atoms with E-state index in [0.717, 1.165) is 36.9 Å². The molecular formula is C12H20N4O. The van der Waals surface area contributed by atoms with E-state index in [0.29, 0.717) is 5.96 Å². The number of hydrogen-bond donors (Lipinski definition) is 2. The summed E-state index contributed by atoms with van der Waals surface area (Å²) in [4.78, 5) is 4.32. The molecule has 0 aliphatic heterocycles. The van der Waals surface area contributed by atoms with Crippen molar-refractivity contribution in [2.45, 2.75) is 32.6 Å². The Balaban J connectivity index is 1.63. The van der Waals surface area contributed by atoms with Crippen LogP contribution in [0.2, 0.25) is 0 Å². The van der Waals surface area contributed by atoms with Crippen LogP contribution in [0.25, 0.3) is 0 Å². The summed E-state index contributed by atoms with van der Waals surface area (Å²) in [5, 5.41) is 6.91. The van der Waals surface area contributed by atoms with Gasteiger partial charge in [0.25, 0.3) is 0 Å². The second kappa shape index (κ2) is 5.70. The second-order valence-corrected chi connectivity index (χ2v) is 4.63. The highest BCUT2D eigenvalue weighted by Gasteiger charge is 2.16. The Morgan fingerprint density at radius 3 is 3.06 bits per heavy atom. The summed E-state index contributed by atoms with van der Waals surface area (Å²) < 4.78 is 5.10. The van der Waals surface area contributed by atoms with Crippen LogP contribution < -0.4 is 11.1 Å². The molecule has 1 aliphatic rings. The molecular weight excluding hydrogens is 216 g/mol. The van der Waals surface area contributed by atoms with Crippen molar-refractivity contribution in [3.05, 3.63) is 17.5 Å². The Kier molecular flexibility index (Phi) is 4.01. The third kappa shape index (κ3) is 3.76. The van der Waals surface area contributed by atoms with E-state index in [2.05, 4.69) is 15.5 Å². The molecule has 17 heavy (non-hydrogen) atoms. The Hall–Kier alpha value is -1.52. The molecule has 1 aromatic heterocycles. The van der Waals surface area contributed by atoms with Crippen molar-refractivity contribution >= 4 is 5.96 Å². The molecule has 0 unspecified atom stereocenters. The maximum absolute atomic E-state index is 5.76. The van der Waals surface area contributed by atoms with Crippen molar-refractivity contribution in [3.8, 4) is 0 Å². The smallest absolute Gasteiger partial charge is 0.188 e. The minimum atomic E-state index is 0.535. The first-order valence-electron chi connectivity index (χ1n) is 6.20. The molecule has 0 spiro atoms. The van der Waals surface area contributed by atoms with E-state index in [-0.39, 0.29) is 0 Å². The number of rotatable bonds is 5. The van der Waals surface area contributed by atoms with E-state index in [9.17, 15) is 0 Å². The molecule has 1 saturated carbocycles. The third-order valence-corrected chi connectivity index (χ3v) is 3.10. The predicted molar refractivity (Wildman–Crippen MR) is 66.8 cm³/mol. The number of aliphatic imine (C=N–C) groups is 1. The molecule has 0 aromatic carbocycles. The molecule has 0 atom stereocenters. The van der Waals surface area contributed by atoms with Crippen LogP contribution in [0.5, 0.6) is 0 Å². The number of hydrogen-bond acceptors (Lipinski definition) is 3. The normalized spacial score (nSPS) is 16.9. The van der Waals surface area contributed by atoms with E-state index in [1.165, 1.54) is 19.3 Å². The van der Waals surface area contributed by atoms with Crippen LogP contribution in [0, 0.1) is 12.8 Å². The average molecular weight is 236 g/mol. The van der Waals surface area contributed by atoms with Gasteiger partial charge in [-0.05, 0) is 25.7 Å². The first kappa shape index (κ1) is 12.0. The number of nitrogens with zero attached hydrogens (tertiary/aromatic N) is 2. The van der Waals surface area contributed by atoms with Crippen LogP contribution >= 0.6 is 0 Å². The molecule has 3 N–H and O–H groups in total. The van der Waals surface area contributed by atoms with E-state index >= 15 is 0 Å². The van der Waals surface area contributed by atoms with Gasteiger partial charge in [-0.25, -0.2) is 0 Å². The van der Waals surface area contributed by atoms with E-state index in [4.69, 9.17) is 10.3 Å². The van der Waals surface area contributed by atoms with Crippen molar-refractivity contribution in [3.63, 3.8) is 0 Å². The van der Waals surface area contributed by atoms with Crippen LogP contribution in [0.4, 0.5) is 0 Å². The fourth-order valence-electron chi connectivity index (χ4n) is 1.81. The first-order chi connectivity index (χ1) is 8.24. The molecule has 0 radical (unpaired) electrons. The molecule has 1 heterocycles. The number of aryl methyl sites for hydroxylation is 1. The van der Waals surface area contributed by atoms with Gasteiger partial charge in [-0.2, -0.15) is 0 Å². The lowest BCUT2D eigenvalue weighted by atomic mass is 9.86. The van der Waals surface area contributed by atoms with Crippen LogP contribution in [0.3, 0.4) is 0 Å². The molecule has 2 rings (SSSR count). The summed E-state index contributed by atoms with van der Waals surface area (Å²) in [7, 11) is 0. The second-order valence-electron chi connectivity index (χ2n) is 4.63. The molecule has 1 fully saturated rings. The average Bonchev–Trinajstić information content (AvgIpc) is 2.62. The fourth-order valence-corrected chi connectivity index (χ4v) is 1.81.